The van der Waals surface area contributed by atoms with Crippen LogP contribution in [0.5, 0.6) is 0 Å². The number of aliphatic carboxylic acids is 1. The molecule has 2 aromatic heterocycles. The molecule has 0 bridgehead atoms. The number of benzene rings is 2. The number of para-hydroxylation sites is 1. The van der Waals surface area contributed by atoms with Crippen molar-refractivity contribution >= 4 is 39.6 Å². The largest absolute Gasteiger partial charge is 0.479 e. The number of carboxylic acid groups (broad SMARTS) is 1. The van der Waals surface area contributed by atoms with Gasteiger partial charge in [0.2, 0.25) is 5.91 Å². The summed E-state index contributed by atoms with van der Waals surface area (Å²) in [5, 5.41) is 23.6. The molecule has 0 saturated heterocycles. The second-order valence-corrected chi connectivity index (χ2v) is 8.91. The van der Waals surface area contributed by atoms with Gasteiger partial charge in [-0.25, -0.2) is 4.79 Å². The van der Waals surface area contributed by atoms with Crippen molar-refractivity contribution in [1.82, 2.24) is 20.2 Å². The Morgan fingerprint density at radius 3 is 2.62 bits per heavy atom. The van der Waals surface area contributed by atoms with Crippen molar-refractivity contribution in [3.63, 3.8) is 0 Å². The fourth-order valence-corrected chi connectivity index (χ4v) is 4.46. The SMILES string of the molecule is O=C(NCC(O)CC(=O)N1CC=CC1C(=O)O)c1ccc2[nH]c(-c3cc4ccccc4[nH]c3=O)cc2c1. The van der Waals surface area contributed by atoms with Gasteiger partial charge in [0.1, 0.15) is 6.04 Å². The summed E-state index contributed by atoms with van der Waals surface area (Å²) in [6.07, 6.45) is 1.52. The molecule has 10 heteroatoms. The van der Waals surface area contributed by atoms with Crippen LogP contribution in [0.4, 0.5) is 0 Å². The molecule has 0 radical (unpaired) electrons. The Labute approximate surface area is 210 Å². The monoisotopic (exact) mass is 500 g/mol. The quantitative estimate of drug-likeness (QED) is 0.245. The van der Waals surface area contributed by atoms with Crippen molar-refractivity contribution in [2.24, 2.45) is 0 Å². The topological polar surface area (TPSA) is 156 Å². The summed E-state index contributed by atoms with van der Waals surface area (Å²) in [4.78, 5) is 56.2. The van der Waals surface area contributed by atoms with Crippen molar-refractivity contribution in [2.75, 3.05) is 13.1 Å². The molecule has 0 fully saturated rings. The third-order valence-corrected chi connectivity index (χ3v) is 6.36. The summed E-state index contributed by atoms with van der Waals surface area (Å²) in [7, 11) is 0. The maximum absolute atomic E-state index is 12.7. The summed E-state index contributed by atoms with van der Waals surface area (Å²) in [5.41, 5.74) is 2.70. The summed E-state index contributed by atoms with van der Waals surface area (Å²) in [6.45, 7) is -0.00884. The number of amides is 2. The lowest BCUT2D eigenvalue weighted by Crippen LogP contribution is -2.43. The third-order valence-electron chi connectivity index (χ3n) is 6.36. The molecule has 2 unspecified atom stereocenters. The summed E-state index contributed by atoms with van der Waals surface area (Å²) in [6, 6.07) is 15.1. The zero-order chi connectivity index (χ0) is 26.1. The van der Waals surface area contributed by atoms with Gasteiger partial charge < -0.3 is 30.4 Å². The molecular weight excluding hydrogens is 476 g/mol. The normalized spacial score (nSPS) is 15.8. The zero-order valence-electron chi connectivity index (χ0n) is 19.6. The van der Waals surface area contributed by atoms with E-state index in [9.17, 15) is 29.4 Å². The van der Waals surface area contributed by atoms with E-state index >= 15 is 0 Å². The molecule has 1 aliphatic heterocycles. The lowest BCUT2D eigenvalue weighted by atomic mass is 10.1. The molecule has 1 aliphatic rings. The smallest absolute Gasteiger partial charge is 0.330 e. The fraction of sp³-hybridized carbons (Fsp3) is 0.185. The predicted octanol–water partition coefficient (Wildman–Crippen LogP) is 2.01. The van der Waals surface area contributed by atoms with Gasteiger partial charge in [-0.05, 0) is 41.8 Å². The molecule has 0 aliphatic carbocycles. The van der Waals surface area contributed by atoms with Gasteiger partial charge in [0, 0.05) is 35.1 Å². The number of hydrogen-bond acceptors (Lipinski definition) is 5. The number of aromatic nitrogens is 2. The molecule has 10 nitrogen and oxygen atoms in total. The van der Waals surface area contributed by atoms with Crippen molar-refractivity contribution < 1.29 is 24.6 Å². The van der Waals surface area contributed by atoms with E-state index in [0.717, 1.165) is 26.7 Å². The second-order valence-electron chi connectivity index (χ2n) is 8.91. The minimum Gasteiger partial charge on any atom is -0.479 e. The van der Waals surface area contributed by atoms with E-state index in [0.29, 0.717) is 16.8 Å². The van der Waals surface area contributed by atoms with Crippen LogP contribution in [0.1, 0.15) is 16.8 Å². The van der Waals surface area contributed by atoms with E-state index in [1.54, 1.807) is 30.3 Å². The van der Waals surface area contributed by atoms with Gasteiger partial charge in [-0.2, -0.15) is 0 Å². The van der Waals surface area contributed by atoms with E-state index in [4.69, 9.17) is 0 Å². The first-order valence-electron chi connectivity index (χ1n) is 11.7. The number of fused-ring (bicyclic) bond motifs is 2. The molecule has 5 N–H and O–H groups in total. The minimum absolute atomic E-state index is 0.165. The number of carbonyl (C=O) groups excluding carboxylic acids is 2. The van der Waals surface area contributed by atoms with Crippen molar-refractivity contribution in [2.45, 2.75) is 18.6 Å². The Kier molecular flexibility index (Phi) is 6.33. The average molecular weight is 501 g/mol. The number of aromatic amines is 2. The van der Waals surface area contributed by atoms with Gasteiger partial charge in [0.05, 0.1) is 23.8 Å². The molecule has 37 heavy (non-hydrogen) atoms. The van der Waals surface area contributed by atoms with Crippen molar-refractivity contribution in [1.29, 1.82) is 0 Å². The number of nitrogens with zero attached hydrogens (tertiary/aromatic N) is 1. The number of pyridine rings is 1. The van der Waals surface area contributed by atoms with Crippen LogP contribution in [0, 0.1) is 0 Å². The van der Waals surface area contributed by atoms with Gasteiger partial charge >= 0.3 is 5.97 Å². The lowest BCUT2D eigenvalue weighted by Gasteiger charge is -2.22. The Hall–Kier alpha value is -4.70. The second kappa shape index (κ2) is 9.75. The van der Waals surface area contributed by atoms with Gasteiger partial charge in [0.15, 0.2) is 0 Å². The Morgan fingerprint density at radius 1 is 1.03 bits per heavy atom. The highest BCUT2D eigenvalue weighted by atomic mass is 16.4. The number of rotatable bonds is 7. The molecule has 2 atom stereocenters. The number of carbonyl (C=O) groups is 3. The Morgan fingerprint density at radius 2 is 1.81 bits per heavy atom. The maximum Gasteiger partial charge on any atom is 0.330 e. The molecule has 0 spiro atoms. The van der Waals surface area contributed by atoms with Gasteiger partial charge in [-0.15, -0.1) is 0 Å². The van der Waals surface area contributed by atoms with E-state index < -0.39 is 29.9 Å². The lowest BCUT2D eigenvalue weighted by molar-refractivity contribution is -0.147. The van der Waals surface area contributed by atoms with E-state index in [2.05, 4.69) is 15.3 Å². The summed E-state index contributed by atoms with van der Waals surface area (Å²) >= 11 is 0. The minimum atomic E-state index is -1.17. The fourth-order valence-electron chi connectivity index (χ4n) is 4.46. The Bertz CT molecular complexity index is 1620. The van der Waals surface area contributed by atoms with Crippen LogP contribution in [0.15, 0.2) is 71.5 Å². The summed E-state index contributed by atoms with van der Waals surface area (Å²) < 4.78 is 0. The zero-order valence-corrected chi connectivity index (χ0v) is 19.6. The number of H-pyrrole nitrogens is 2. The molecule has 188 valence electrons. The molecular formula is C27H24N4O6. The number of carboxylic acids is 1. The number of aliphatic hydroxyl groups excluding tert-OH is 1. The van der Waals surface area contributed by atoms with Crippen LogP contribution < -0.4 is 10.9 Å². The number of hydrogen-bond donors (Lipinski definition) is 5. The van der Waals surface area contributed by atoms with Gasteiger partial charge in [-0.1, -0.05) is 30.4 Å². The van der Waals surface area contributed by atoms with Crippen LogP contribution in [-0.4, -0.2) is 68.1 Å². The standard InChI is InChI=1S/C27H24N4O6/c32-18(13-24(33)31-9-3-6-23(31)27(36)37)14-28-25(34)16-7-8-21-17(10-16)12-22(29-21)19-11-15-4-1-2-5-20(15)30-26(19)35/h1-8,10-12,18,23,29,32H,9,13-14H2,(H,28,34)(H,30,35)(H,36,37). The average Bonchev–Trinajstić information content (AvgIpc) is 3.54. The van der Waals surface area contributed by atoms with Crippen molar-refractivity contribution in [3.05, 3.63) is 82.7 Å². The first kappa shape index (κ1) is 24.0. The molecule has 2 aromatic carbocycles. The number of aliphatic hydroxyl groups is 1. The predicted molar refractivity (Wildman–Crippen MR) is 137 cm³/mol. The summed E-state index contributed by atoms with van der Waals surface area (Å²) in [5.74, 6) is -2.09. The van der Waals surface area contributed by atoms with Crippen LogP contribution in [0.3, 0.4) is 0 Å². The highest BCUT2D eigenvalue weighted by Crippen LogP contribution is 2.25. The van der Waals surface area contributed by atoms with E-state index in [1.807, 2.05) is 30.3 Å². The van der Waals surface area contributed by atoms with Crippen LogP contribution in [0.2, 0.25) is 0 Å². The number of nitrogens with one attached hydrogen (secondary N) is 3. The van der Waals surface area contributed by atoms with Gasteiger partial charge in [0.25, 0.3) is 11.5 Å². The van der Waals surface area contributed by atoms with Crippen LogP contribution in [0.25, 0.3) is 33.1 Å². The highest BCUT2D eigenvalue weighted by molar-refractivity contribution is 5.99. The molecule has 3 heterocycles. The van der Waals surface area contributed by atoms with E-state index in [-0.39, 0.29) is 25.1 Å². The van der Waals surface area contributed by atoms with E-state index in [1.165, 1.54) is 6.08 Å². The van der Waals surface area contributed by atoms with Crippen molar-refractivity contribution in [3.8, 4) is 11.3 Å². The molecule has 5 rings (SSSR count). The maximum atomic E-state index is 12.7. The molecule has 2 amide bonds. The Balaban J connectivity index is 1.25. The molecule has 0 saturated carbocycles. The van der Waals surface area contributed by atoms with Gasteiger partial charge in [-0.3, -0.25) is 14.4 Å². The first-order valence-corrected chi connectivity index (χ1v) is 11.7. The van der Waals surface area contributed by atoms with Crippen LogP contribution in [-0.2, 0) is 9.59 Å². The molecule has 4 aromatic rings. The highest BCUT2D eigenvalue weighted by Gasteiger charge is 2.31. The van der Waals surface area contributed by atoms with Crippen LogP contribution >= 0.6 is 0 Å². The first-order chi connectivity index (χ1) is 17.8. The third kappa shape index (κ3) is 4.87.